The molecule has 0 radical (unpaired) electrons. The molecule has 22 heavy (non-hydrogen) atoms. The highest BCUT2D eigenvalue weighted by atomic mass is 35.5. The van der Waals surface area contributed by atoms with Crippen LogP contribution in [0.25, 0.3) is 0 Å². The van der Waals surface area contributed by atoms with Gasteiger partial charge in [0.15, 0.2) is 0 Å². The van der Waals surface area contributed by atoms with Gasteiger partial charge in [-0.2, -0.15) is 0 Å². The summed E-state index contributed by atoms with van der Waals surface area (Å²) >= 11 is 12.1. The zero-order valence-corrected chi connectivity index (χ0v) is 14.0. The van der Waals surface area contributed by atoms with Crippen molar-refractivity contribution in [1.29, 1.82) is 0 Å². The molecule has 0 aliphatic carbocycles. The Balaban J connectivity index is 1.59. The van der Waals surface area contributed by atoms with Gasteiger partial charge in [-0.25, -0.2) is 0 Å². The second kappa shape index (κ2) is 7.47. The van der Waals surface area contributed by atoms with Crippen molar-refractivity contribution in [2.24, 2.45) is 0 Å². The molecule has 0 bridgehead atoms. The summed E-state index contributed by atoms with van der Waals surface area (Å²) in [6, 6.07) is 16.3. The number of hydrogen-bond donors (Lipinski definition) is 0. The lowest BCUT2D eigenvalue weighted by atomic mass is 10.1. The molecule has 0 unspecified atom stereocenters. The number of hydrogen-bond acceptors (Lipinski definition) is 2. The van der Waals surface area contributed by atoms with E-state index in [-0.39, 0.29) is 0 Å². The van der Waals surface area contributed by atoms with Crippen molar-refractivity contribution in [2.45, 2.75) is 19.5 Å². The van der Waals surface area contributed by atoms with Crippen LogP contribution in [-0.4, -0.2) is 29.6 Å². The smallest absolute Gasteiger partial charge is 0.0512 e. The maximum atomic E-state index is 6.07. The second-order valence-corrected chi connectivity index (χ2v) is 6.73. The molecule has 2 nitrogen and oxygen atoms in total. The number of benzene rings is 2. The van der Waals surface area contributed by atoms with Crippen molar-refractivity contribution in [2.75, 3.05) is 19.8 Å². The molecule has 1 aliphatic heterocycles. The average molecular weight is 335 g/mol. The van der Waals surface area contributed by atoms with Crippen molar-refractivity contribution in [3.8, 4) is 0 Å². The third-order valence-electron chi connectivity index (χ3n) is 3.94. The Morgan fingerprint density at radius 3 is 1.73 bits per heavy atom. The monoisotopic (exact) mass is 334 g/mol. The normalized spacial score (nSPS) is 16.8. The molecular weight excluding hydrogens is 315 g/mol. The lowest BCUT2D eigenvalue weighted by Crippen LogP contribution is -2.43. The Kier molecular flexibility index (Phi) is 5.37. The Bertz CT molecular complexity index is 576. The first-order valence-electron chi connectivity index (χ1n) is 7.63. The fourth-order valence-corrected chi connectivity index (χ4v) is 3.41. The van der Waals surface area contributed by atoms with Crippen molar-refractivity contribution >= 4 is 23.2 Å². The minimum Gasteiger partial charge on any atom is -0.286 e. The summed E-state index contributed by atoms with van der Waals surface area (Å²) in [7, 11) is 0. The average Bonchev–Trinajstić information content (AvgIpc) is 2.47. The van der Waals surface area contributed by atoms with Crippen molar-refractivity contribution < 1.29 is 0 Å². The molecule has 3 rings (SSSR count). The molecule has 0 amide bonds. The van der Waals surface area contributed by atoms with E-state index in [0.717, 1.165) is 42.9 Å². The van der Waals surface area contributed by atoms with Crippen molar-refractivity contribution in [3.05, 3.63) is 69.7 Å². The van der Waals surface area contributed by atoms with Crippen LogP contribution in [0.15, 0.2) is 48.5 Å². The summed E-state index contributed by atoms with van der Waals surface area (Å²) in [4.78, 5) is 4.94. The molecule has 116 valence electrons. The molecule has 1 aliphatic rings. The van der Waals surface area contributed by atoms with Crippen LogP contribution in [0.2, 0.25) is 10.0 Å². The molecule has 4 heteroatoms. The van der Waals surface area contributed by atoms with E-state index in [1.807, 2.05) is 24.3 Å². The fourth-order valence-electron chi connectivity index (χ4n) is 2.99. The van der Waals surface area contributed by atoms with Crippen LogP contribution in [0.3, 0.4) is 0 Å². The van der Waals surface area contributed by atoms with E-state index in [1.165, 1.54) is 17.5 Å². The zero-order chi connectivity index (χ0) is 15.4. The van der Waals surface area contributed by atoms with Crippen LogP contribution in [0, 0.1) is 0 Å². The SMILES string of the molecule is Clc1cccc(CN2CCCN(Cc3cccc(Cl)c3)C2)c1. The second-order valence-electron chi connectivity index (χ2n) is 5.86. The minimum absolute atomic E-state index is 0.810. The molecule has 2 aromatic rings. The van der Waals surface area contributed by atoms with E-state index < -0.39 is 0 Å². The van der Waals surface area contributed by atoms with Gasteiger partial charge in [-0.1, -0.05) is 47.5 Å². The summed E-state index contributed by atoms with van der Waals surface area (Å²) in [5.41, 5.74) is 2.55. The van der Waals surface area contributed by atoms with Gasteiger partial charge in [-0.05, 0) is 41.8 Å². The van der Waals surface area contributed by atoms with Gasteiger partial charge >= 0.3 is 0 Å². The van der Waals surface area contributed by atoms with E-state index in [0.29, 0.717) is 0 Å². The molecular formula is C18H20Cl2N2. The predicted octanol–water partition coefficient (Wildman–Crippen LogP) is 4.66. The van der Waals surface area contributed by atoms with Gasteiger partial charge in [0.05, 0.1) is 6.67 Å². The predicted molar refractivity (Wildman–Crippen MR) is 93.2 cm³/mol. The summed E-state index contributed by atoms with van der Waals surface area (Å²) in [5, 5.41) is 1.62. The van der Waals surface area contributed by atoms with E-state index >= 15 is 0 Å². The maximum Gasteiger partial charge on any atom is 0.0512 e. The van der Waals surface area contributed by atoms with Gasteiger partial charge in [0.1, 0.15) is 0 Å². The first-order chi connectivity index (χ1) is 10.7. The van der Waals surface area contributed by atoms with Gasteiger partial charge in [0, 0.05) is 36.2 Å². The van der Waals surface area contributed by atoms with Gasteiger partial charge in [-0.15, -0.1) is 0 Å². The van der Waals surface area contributed by atoms with E-state index in [2.05, 4.69) is 34.1 Å². The lowest BCUT2D eigenvalue weighted by Gasteiger charge is -2.35. The van der Waals surface area contributed by atoms with Gasteiger partial charge in [-0.3, -0.25) is 9.80 Å². The van der Waals surface area contributed by atoms with Crippen LogP contribution in [0.5, 0.6) is 0 Å². The molecule has 0 spiro atoms. The summed E-state index contributed by atoms with van der Waals surface area (Å²) in [6.45, 7) is 5.16. The Morgan fingerprint density at radius 1 is 0.773 bits per heavy atom. The molecule has 1 heterocycles. The van der Waals surface area contributed by atoms with Crippen molar-refractivity contribution in [3.63, 3.8) is 0 Å². The lowest BCUT2D eigenvalue weighted by molar-refractivity contribution is 0.0746. The van der Waals surface area contributed by atoms with Crippen LogP contribution >= 0.6 is 23.2 Å². The van der Waals surface area contributed by atoms with Gasteiger partial charge < -0.3 is 0 Å². The quantitative estimate of drug-likeness (QED) is 0.802. The first kappa shape index (κ1) is 15.8. The maximum absolute atomic E-state index is 6.07. The highest BCUT2D eigenvalue weighted by Crippen LogP contribution is 2.18. The standard InChI is InChI=1S/C18H20Cl2N2/c19-17-6-1-4-15(10-17)12-21-8-3-9-22(14-21)13-16-5-2-7-18(20)11-16/h1-2,4-7,10-11H,3,8-9,12-14H2. The largest absolute Gasteiger partial charge is 0.286 e. The fraction of sp³-hybridized carbons (Fsp3) is 0.333. The van der Waals surface area contributed by atoms with E-state index in [4.69, 9.17) is 23.2 Å². The topological polar surface area (TPSA) is 6.48 Å². The van der Waals surface area contributed by atoms with Crippen LogP contribution < -0.4 is 0 Å². The molecule has 0 saturated carbocycles. The minimum atomic E-state index is 0.810. The van der Waals surface area contributed by atoms with Gasteiger partial charge in [0.25, 0.3) is 0 Å². The Hall–Kier alpha value is -1.06. The molecule has 0 N–H and O–H groups in total. The number of nitrogens with zero attached hydrogens (tertiary/aromatic N) is 2. The van der Waals surface area contributed by atoms with Crippen LogP contribution in [0.4, 0.5) is 0 Å². The zero-order valence-electron chi connectivity index (χ0n) is 12.5. The molecule has 2 aromatic carbocycles. The Labute approximate surface area is 142 Å². The summed E-state index contributed by atoms with van der Waals surface area (Å²) in [6.07, 6.45) is 1.20. The molecule has 0 aromatic heterocycles. The number of rotatable bonds is 4. The highest BCUT2D eigenvalue weighted by Gasteiger charge is 2.17. The Morgan fingerprint density at radius 2 is 1.27 bits per heavy atom. The van der Waals surface area contributed by atoms with Crippen LogP contribution in [0.1, 0.15) is 17.5 Å². The molecule has 0 atom stereocenters. The van der Waals surface area contributed by atoms with Crippen LogP contribution in [-0.2, 0) is 13.1 Å². The highest BCUT2D eigenvalue weighted by molar-refractivity contribution is 6.30. The third-order valence-corrected chi connectivity index (χ3v) is 4.41. The molecule has 1 saturated heterocycles. The number of halogens is 2. The van der Waals surface area contributed by atoms with E-state index in [9.17, 15) is 0 Å². The van der Waals surface area contributed by atoms with E-state index in [1.54, 1.807) is 0 Å². The first-order valence-corrected chi connectivity index (χ1v) is 8.38. The van der Waals surface area contributed by atoms with Crippen molar-refractivity contribution in [1.82, 2.24) is 9.80 Å². The third kappa shape index (κ3) is 4.47. The van der Waals surface area contributed by atoms with Gasteiger partial charge in [0.2, 0.25) is 0 Å². The summed E-state index contributed by atoms with van der Waals surface area (Å²) in [5.74, 6) is 0. The summed E-state index contributed by atoms with van der Waals surface area (Å²) < 4.78 is 0. The molecule has 1 fully saturated rings.